The first-order valence-corrected chi connectivity index (χ1v) is 11.5. The third-order valence-electron chi connectivity index (χ3n) is 5.44. The van der Waals surface area contributed by atoms with E-state index in [2.05, 4.69) is 48.6 Å². The highest BCUT2D eigenvalue weighted by atomic mass is 14.6. The van der Waals surface area contributed by atoms with E-state index in [4.69, 9.17) is 5.73 Å². The molecule has 0 unspecified atom stereocenters. The van der Waals surface area contributed by atoms with Crippen molar-refractivity contribution >= 4 is 12.2 Å². The van der Waals surface area contributed by atoms with E-state index in [-0.39, 0.29) is 0 Å². The number of hydrogen-bond donors (Lipinski definition) is 1. The van der Waals surface area contributed by atoms with E-state index >= 15 is 0 Å². The molecular formula is C28H39N. The van der Waals surface area contributed by atoms with E-state index in [0.717, 1.165) is 0 Å². The van der Waals surface area contributed by atoms with E-state index in [1.165, 1.54) is 81.8 Å². The Kier molecular flexibility index (Phi) is 12.6. The Balaban J connectivity index is 0.000000212. The molecule has 0 amide bonds. The van der Waals surface area contributed by atoms with Crippen molar-refractivity contribution in [2.45, 2.75) is 76.7 Å². The van der Waals surface area contributed by atoms with Gasteiger partial charge in [-0.25, -0.2) is 0 Å². The van der Waals surface area contributed by atoms with Gasteiger partial charge in [0.1, 0.15) is 0 Å². The highest BCUT2D eigenvalue weighted by Gasteiger charge is 2.03. The Morgan fingerprint density at radius 2 is 0.862 bits per heavy atom. The Bertz CT molecular complexity index is 612. The van der Waals surface area contributed by atoms with Gasteiger partial charge in [-0.2, -0.15) is 0 Å². The standard InChI is InChI=1S/C16H14.C12H25N/c1-3-9-15(10-4-1)13-7-8-14-16-11-5-2-6-12-16;13-12-10-8-6-4-2-1-3-5-7-9-11-12/h1-14H;12H,1-11,13H2. The molecule has 2 N–H and O–H groups in total. The van der Waals surface area contributed by atoms with Crippen LogP contribution in [0.5, 0.6) is 0 Å². The van der Waals surface area contributed by atoms with Crippen molar-refractivity contribution in [3.8, 4) is 0 Å². The summed E-state index contributed by atoms with van der Waals surface area (Å²) >= 11 is 0. The van der Waals surface area contributed by atoms with Crippen molar-refractivity contribution in [2.75, 3.05) is 0 Å². The van der Waals surface area contributed by atoms with Crippen molar-refractivity contribution in [3.63, 3.8) is 0 Å². The predicted molar refractivity (Wildman–Crippen MR) is 130 cm³/mol. The second kappa shape index (κ2) is 15.8. The summed E-state index contributed by atoms with van der Waals surface area (Å²) in [6.07, 6.45) is 23.6. The molecule has 3 rings (SSSR count). The third-order valence-corrected chi connectivity index (χ3v) is 5.44. The van der Waals surface area contributed by atoms with Gasteiger partial charge < -0.3 is 5.73 Å². The molecule has 1 aliphatic rings. The van der Waals surface area contributed by atoms with Gasteiger partial charge in [-0.15, -0.1) is 0 Å². The first kappa shape index (κ1) is 23.2. The van der Waals surface area contributed by atoms with Crippen molar-refractivity contribution in [1.82, 2.24) is 0 Å². The fraction of sp³-hybridized carbons (Fsp3) is 0.429. The van der Waals surface area contributed by atoms with Gasteiger partial charge in [0, 0.05) is 6.04 Å². The largest absolute Gasteiger partial charge is 0.328 e. The van der Waals surface area contributed by atoms with Crippen LogP contribution in [0.25, 0.3) is 12.2 Å². The maximum atomic E-state index is 6.01. The molecule has 29 heavy (non-hydrogen) atoms. The van der Waals surface area contributed by atoms with Crippen LogP contribution in [0.15, 0.2) is 72.8 Å². The average Bonchev–Trinajstić information content (AvgIpc) is 2.76. The molecule has 2 aromatic carbocycles. The molecule has 0 radical (unpaired) electrons. The van der Waals surface area contributed by atoms with Crippen LogP contribution in [0.1, 0.15) is 81.8 Å². The molecule has 0 spiro atoms. The van der Waals surface area contributed by atoms with E-state index in [1.54, 1.807) is 0 Å². The maximum Gasteiger partial charge on any atom is 0.00388 e. The van der Waals surface area contributed by atoms with E-state index in [9.17, 15) is 0 Å². The van der Waals surface area contributed by atoms with Crippen molar-refractivity contribution in [3.05, 3.63) is 83.9 Å². The van der Waals surface area contributed by atoms with Gasteiger partial charge in [-0.3, -0.25) is 0 Å². The van der Waals surface area contributed by atoms with Crippen LogP contribution in [0.2, 0.25) is 0 Å². The lowest BCUT2D eigenvalue weighted by molar-refractivity contribution is 0.465. The summed E-state index contributed by atoms with van der Waals surface area (Å²) < 4.78 is 0. The molecule has 1 saturated carbocycles. The van der Waals surface area contributed by atoms with E-state index in [0.29, 0.717) is 6.04 Å². The minimum absolute atomic E-state index is 0.499. The molecule has 0 heterocycles. The summed E-state index contributed by atoms with van der Waals surface area (Å²) in [5.74, 6) is 0. The summed E-state index contributed by atoms with van der Waals surface area (Å²) in [6, 6.07) is 21.1. The van der Waals surface area contributed by atoms with E-state index in [1.807, 2.05) is 36.4 Å². The van der Waals surface area contributed by atoms with Gasteiger partial charge in [0.05, 0.1) is 0 Å². The van der Waals surface area contributed by atoms with E-state index < -0.39 is 0 Å². The number of rotatable bonds is 3. The van der Waals surface area contributed by atoms with Crippen molar-refractivity contribution in [2.24, 2.45) is 5.73 Å². The van der Waals surface area contributed by atoms with Crippen LogP contribution in [-0.2, 0) is 0 Å². The molecule has 1 nitrogen and oxygen atoms in total. The Hall–Kier alpha value is -2.12. The second-order valence-corrected chi connectivity index (χ2v) is 8.06. The number of allylic oxidation sites excluding steroid dienone is 2. The molecule has 0 atom stereocenters. The maximum absolute atomic E-state index is 6.01. The summed E-state index contributed by atoms with van der Waals surface area (Å²) in [6.45, 7) is 0. The van der Waals surface area contributed by atoms with Gasteiger partial charge in [-0.1, -0.05) is 143 Å². The van der Waals surface area contributed by atoms with Crippen molar-refractivity contribution < 1.29 is 0 Å². The van der Waals surface area contributed by atoms with Gasteiger partial charge in [0.25, 0.3) is 0 Å². The number of benzene rings is 2. The van der Waals surface area contributed by atoms with Crippen LogP contribution in [0.3, 0.4) is 0 Å². The molecule has 1 aliphatic carbocycles. The van der Waals surface area contributed by atoms with Gasteiger partial charge >= 0.3 is 0 Å². The van der Waals surface area contributed by atoms with Crippen LogP contribution in [-0.4, -0.2) is 6.04 Å². The topological polar surface area (TPSA) is 26.0 Å². The predicted octanol–water partition coefficient (Wildman–Crippen LogP) is 8.03. The fourth-order valence-electron chi connectivity index (χ4n) is 3.66. The average molecular weight is 390 g/mol. The molecule has 156 valence electrons. The highest BCUT2D eigenvalue weighted by molar-refractivity contribution is 5.56. The minimum Gasteiger partial charge on any atom is -0.328 e. The zero-order valence-corrected chi connectivity index (χ0v) is 18.0. The lowest BCUT2D eigenvalue weighted by Crippen LogP contribution is -2.19. The fourth-order valence-corrected chi connectivity index (χ4v) is 3.66. The monoisotopic (exact) mass is 389 g/mol. The number of hydrogen-bond acceptors (Lipinski definition) is 1. The molecular weight excluding hydrogens is 350 g/mol. The summed E-state index contributed by atoms with van der Waals surface area (Å²) in [4.78, 5) is 0. The van der Waals surface area contributed by atoms with Crippen LogP contribution in [0.4, 0.5) is 0 Å². The Labute approximate surface area is 178 Å². The van der Waals surface area contributed by atoms with Crippen LogP contribution >= 0.6 is 0 Å². The lowest BCUT2D eigenvalue weighted by atomic mass is 9.99. The van der Waals surface area contributed by atoms with Gasteiger partial charge in [0.2, 0.25) is 0 Å². The molecule has 0 saturated heterocycles. The van der Waals surface area contributed by atoms with Gasteiger partial charge in [-0.05, 0) is 24.0 Å². The van der Waals surface area contributed by atoms with Crippen LogP contribution in [0, 0.1) is 0 Å². The molecule has 0 aliphatic heterocycles. The molecule has 0 aromatic heterocycles. The van der Waals surface area contributed by atoms with Crippen LogP contribution < -0.4 is 5.73 Å². The minimum atomic E-state index is 0.499. The Morgan fingerprint density at radius 1 is 0.517 bits per heavy atom. The zero-order chi connectivity index (χ0) is 20.4. The molecule has 0 bridgehead atoms. The quantitative estimate of drug-likeness (QED) is 0.528. The SMILES string of the molecule is C(C=Cc1ccccc1)=Cc1ccccc1.NC1CCCCCCCCCCC1. The normalized spacial score (nSPS) is 17.3. The van der Waals surface area contributed by atoms with Gasteiger partial charge in [0.15, 0.2) is 0 Å². The van der Waals surface area contributed by atoms with Crippen molar-refractivity contribution in [1.29, 1.82) is 0 Å². The highest BCUT2D eigenvalue weighted by Crippen LogP contribution is 2.15. The zero-order valence-electron chi connectivity index (χ0n) is 18.0. The third kappa shape index (κ3) is 12.1. The second-order valence-electron chi connectivity index (χ2n) is 8.06. The summed E-state index contributed by atoms with van der Waals surface area (Å²) in [5, 5.41) is 0. The summed E-state index contributed by atoms with van der Waals surface area (Å²) in [7, 11) is 0. The smallest absolute Gasteiger partial charge is 0.00388 e. The first-order valence-electron chi connectivity index (χ1n) is 11.5. The molecule has 1 heteroatoms. The lowest BCUT2D eigenvalue weighted by Gasteiger charge is -2.12. The summed E-state index contributed by atoms with van der Waals surface area (Å²) in [5.41, 5.74) is 8.46. The molecule has 1 fully saturated rings. The Morgan fingerprint density at radius 3 is 1.24 bits per heavy atom. The number of nitrogens with two attached hydrogens (primary N) is 1. The first-order chi connectivity index (χ1) is 14.3. The molecule has 2 aromatic rings.